The minimum Gasteiger partial charge on any atom is -0.465 e. The molecule has 2 aliphatic rings. The third-order valence-electron chi connectivity index (χ3n) is 9.27. The number of sulfone groups is 1. The number of alkyl carbamates (subject to hydrolysis) is 1. The Morgan fingerprint density at radius 1 is 1.15 bits per heavy atom. The third-order valence-corrected chi connectivity index (χ3v) is 11.0. The number of amides is 1. The number of hydrogen-bond donors (Lipinski definition) is 1. The number of esters is 1. The molecule has 1 fully saturated rings. The van der Waals surface area contributed by atoms with Crippen LogP contribution in [-0.4, -0.2) is 61.1 Å². The largest absolute Gasteiger partial charge is 0.465 e. The van der Waals surface area contributed by atoms with Crippen LogP contribution >= 0.6 is 0 Å². The molecular formula is C34H50N4O7S. The zero-order valence-corrected chi connectivity index (χ0v) is 29.0. The van der Waals surface area contributed by atoms with Gasteiger partial charge in [0.1, 0.15) is 5.60 Å². The topological polar surface area (TPSA) is 137 Å². The van der Waals surface area contributed by atoms with Crippen LogP contribution in [0.4, 0.5) is 10.7 Å². The van der Waals surface area contributed by atoms with E-state index in [9.17, 15) is 22.8 Å². The predicted octanol–water partition coefficient (Wildman–Crippen LogP) is 5.11. The quantitative estimate of drug-likeness (QED) is 0.309. The molecule has 254 valence electrons. The van der Waals surface area contributed by atoms with Gasteiger partial charge >= 0.3 is 12.1 Å². The second-order valence-corrected chi connectivity index (χ2v) is 15.8. The van der Waals surface area contributed by atoms with Crippen molar-refractivity contribution in [3.8, 4) is 0 Å². The number of piperidine rings is 1. The highest BCUT2D eigenvalue weighted by atomic mass is 32.2. The third kappa shape index (κ3) is 8.29. The van der Waals surface area contributed by atoms with E-state index in [1.807, 2.05) is 44.7 Å². The zero-order chi connectivity index (χ0) is 33.7. The van der Waals surface area contributed by atoms with E-state index in [1.54, 1.807) is 0 Å². The molecule has 2 heterocycles. The Hall–Kier alpha value is -3.41. The molecule has 0 radical (unpaired) electrons. The lowest BCUT2D eigenvalue weighted by molar-refractivity contribution is -0.144. The average molecular weight is 659 g/mol. The van der Waals surface area contributed by atoms with E-state index >= 15 is 0 Å². The fraction of sp³-hybridized carbons (Fsp3) is 0.647. The lowest BCUT2D eigenvalue weighted by atomic mass is 9.73. The van der Waals surface area contributed by atoms with Crippen molar-refractivity contribution in [1.82, 2.24) is 14.9 Å². The summed E-state index contributed by atoms with van der Waals surface area (Å²) in [5.74, 6) is -0.476. The summed E-state index contributed by atoms with van der Waals surface area (Å²) < 4.78 is 38.4. The van der Waals surface area contributed by atoms with E-state index in [0.29, 0.717) is 19.0 Å². The molecule has 12 heteroatoms. The van der Waals surface area contributed by atoms with Gasteiger partial charge in [0.2, 0.25) is 5.95 Å². The van der Waals surface area contributed by atoms with Gasteiger partial charge in [-0.2, -0.15) is 0 Å². The number of rotatable bonds is 12. The first-order valence-electron chi connectivity index (χ1n) is 16.5. The number of unbranched alkanes of at least 4 members (excludes halogenated alkanes) is 1. The van der Waals surface area contributed by atoms with Crippen LogP contribution in [0.2, 0.25) is 0 Å². The smallest absolute Gasteiger partial charge is 0.408 e. The van der Waals surface area contributed by atoms with Gasteiger partial charge in [0.05, 0.1) is 31.0 Å². The van der Waals surface area contributed by atoms with E-state index < -0.39 is 43.7 Å². The second-order valence-electron chi connectivity index (χ2n) is 13.8. The van der Waals surface area contributed by atoms with E-state index in [1.165, 1.54) is 17.2 Å². The van der Waals surface area contributed by atoms with E-state index in [0.717, 1.165) is 56.7 Å². The Morgan fingerprint density at radius 3 is 2.50 bits per heavy atom. The number of aromatic nitrogens is 2. The highest BCUT2D eigenvalue weighted by molar-refractivity contribution is 7.91. The van der Waals surface area contributed by atoms with Crippen molar-refractivity contribution in [2.45, 2.75) is 103 Å². The molecule has 1 unspecified atom stereocenters. The van der Waals surface area contributed by atoms with Gasteiger partial charge in [-0.25, -0.2) is 18.2 Å². The maximum Gasteiger partial charge on any atom is 0.408 e. The normalized spacial score (nSPS) is 18.2. The molecule has 1 aliphatic heterocycles. The SMILES string of the molecule is CCCCC(CC)COC(=O)CCS(=O)(=O)c1cnc(N2CCC3(CC2)Cc2ccccc2[C@H]3NC(=O)OC(C)(C)C)n(C)c1=O. The number of anilines is 1. The highest BCUT2D eigenvalue weighted by Crippen LogP contribution is 2.52. The molecule has 1 N–H and O–H groups in total. The summed E-state index contributed by atoms with van der Waals surface area (Å²) >= 11 is 0. The van der Waals surface area contributed by atoms with Crippen LogP contribution in [0.15, 0.2) is 40.2 Å². The molecule has 0 bridgehead atoms. The predicted molar refractivity (Wildman–Crippen MR) is 177 cm³/mol. The van der Waals surface area contributed by atoms with Crippen LogP contribution < -0.4 is 15.8 Å². The van der Waals surface area contributed by atoms with Gasteiger partial charge in [-0.3, -0.25) is 14.2 Å². The first-order chi connectivity index (χ1) is 21.7. The van der Waals surface area contributed by atoms with Gasteiger partial charge in [0.15, 0.2) is 14.7 Å². The summed E-state index contributed by atoms with van der Waals surface area (Å²) in [5, 5.41) is 3.15. The van der Waals surface area contributed by atoms with Crippen molar-refractivity contribution in [1.29, 1.82) is 0 Å². The minimum atomic E-state index is -4.06. The number of carbonyl (C=O) groups is 2. The van der Waals surface area contributed by atoms with Crippen LogP contribution in [0.25, 0.3) is 0 Å². The van der Waals surface area contributed by atoms with E-state index in [2.05, 4.69) is 29.4 Å². The number of ether oxygens (including phenoxy) is 2. The van der Waals surface area contributed by atoms with Crippen LogP contribution in [0.3, 0.4) is 0 Å². The molecule has 2 atom stereocenters. The van der Waals surface area contributed by atoms with Gasteiger partial charge in [-0.05, 0) is 63.5 Å². The zero-order valence-electron chi connectivity index (χ0n) is 28.1. The Balaban J connectivity index is 1.42. The Morgan fingerprint density at radius 2 is 1.85 bits per heavy atom. The van der Waals surface area contributed by atoms with Crippen LogP contribution in [0, 0.1) is 11.3 Å². The van der Waals surface area contributed by atoms with Crippen molar-refractivity contribution in [3.63, 3.8) is 0 Å². The number of hydrogen-bond acceptors (Lipinski definition) is 9. The fourth-order valence-electron chi connectivity index (χ4n) is 6.59. The van der Waals surface area contributed by atoms with Crippen molar-refractivity contribution in [2.75, 3.05) is 30.3 Å². The minimum absolute atomic E-state index is 0.221. The standard InChI is InChI=1S/C34H50N4O7S/c1-7-9-12-24(8-2)23-44-28(39)15-20-46(42,43)27-22-35-31(37(6)30(27)40)38-18-16-34(17-19-38)21-25-13-10-11-14-26(25)29(34)36-32(41)45-33(3,4)5/h10-11,13-14,22,24,29H,7-9,12,15-21,23H2,1-6H3,(H,36,41)/t24?,29-/m1/s1. The molecule has 1 saturated heterocycles. The number of carbonyl (C=O) groups excluding carboxylic acids is 2. The molecule has 1 aromatic heterocycles. The molecule has 0 saturated carbocycles. The maximum absolute atomic E-state index is 13.3. The van der Waals surface area contributed by atoms with Gasteiger partial charge in [0, 0.05) is 25.6 Å². The highest BCUT2D eigenvalue weighted by Gasteiger charge is 2.49. The van der Waals surface area contributed by atoms with Gasteiger partial charge < -0.3 is 19.7 Å². The lowest BCUT2D eigenvalue weighted by Gasteiger charge is -2.44. The van der Waals surface area contributed by atoms with Crippen LogP contribution in [0.1, 0.15) is 96.7 Å². The summed E-state index contributed by atoms with van der Waals surface area (Å²) in [7, 11) is -2.55. The summed E-state index contributed by atoms with van der Waals surface area (Å²) in [6.07, 6.45) is 6.53. The number of fused-ring (bicyclic) bond motifs is 1. The number of nitrogens with one attached hydrogen (secondary N) is 1. The molecule has 1 aromatic carbocycles. The first-order valence-corrected chi connectivity index (χ1v) is 18.1. The average Bonchev–Trinajstić information content (AvgIpc) is 3.29. The molecule has 1 aliphatic carbocycles. The molecule has 2 aromatic rings. The van der Waals surface area contributed by atoms with Crippen molar-refractivity contribution >= 4 is 27.8 Å². The summed E-state index contributed by atoms with van der Waals surface area (Å²) in [5.41, 5.74) is 0.753. The summed E-state index contributed by atoms with van der Waals surface area (Å²) in [4.78, 5) is 44.5. The molecule has 1 spiro atoms. The maximum atomic E-state index is 13.3. The Bertz CT molecular complexity index is 1560. The molecular weight excluding hydrogens is 608 g/mol. The Labute approximate surface area is 273 Å². The first kappa shape index (κ1) is 35.4. The van der Waals surface area contributed by atoms with Crippen LogP contribution in [-0.2, 0) is 37.6 Å². The Kier molecular flexibility index (Phi) is 11.2. The fourth-order valence-corrected chi connectivity index (χ4v) is 7.86. The molecule has 4 rings (SSSR count). The summed E-state index contributed by atoms with van der Waals surface area (Å²) in [6.45, 7) is 11.1. The van der Waals surface area contributed by atoms with E-state index in [-0.39, 0.29) is 30.4 Å². The van der Waals surface area contributed by atoms with Gasteiger partial charge in [-0.1, -0.05) is 57.4 Å². The molecule has 46 heavy (non-hydrogen) atoms. The van der Waals surface area contributed by atoms with Crippen LogP contribution in [0.5, 0.6) is 0 Å². The molecule has 11 nitrogen and oxygen atoms in total. The van der Waals surface area contributed by atoms with Crippen molar-refractivity contribution in [3.05, 3.63) is 51.9 Å². The van der Waals surface area contributed by atoms with Crippen molar-refractivity contribution < 1.29 is 27.5 Å². The number of benzene rings is 1. The number of nitrogens with zero attached hydrogens (tertiary/aromatic N) is 3. The van der Waals surface area contributed by atoms with Gasteiger partial charge in [0.25, 0.3) is 5.56 Å². The molecule has 1 amide bonds. The van der Waals surface area contributed by atoms with Gasteiger partial charge in [-0.15, -0.1) is 0 Å². The lowest BCUT2D eigenvalue weighted by Crippen LogP contribution is -2.48. The monoisotopic (exact) mass is 658 g/mol. The van der Waals surface area contributed by atoms with Crippen molar-refractivity contribution in [2.24, 2.45) is 18.4 Å². The van der Waals surface area contributed by atoms with E-state index in [4.69, 9.17) is 9.47 Å². The second kappa shape index (κ2) is 14.6. The summed E-state index contributed by atoms with van der Waals surface area (Å²) in [6, 6.07) is 7.91.